The highest BCUT2D eigenvalue weighted by molar-refractivity contribution is 7.95. The Morgan fingerprint density at radius 3 is 2.42 bits per heavy atom. The van der Waals surface area contributed by atoms with E-state index in [-0.39, 0.29) is 16.7 Å². The van der Waals surface area contributed by atoms with E-state index in [1.165, 1.54) is 0 Å². The molecular weight excluding hydrogens is 263 g/mol. The van der Waals surface area contributed by atoms with Gasteiger partial charge < -0.3 is 0 Å². The van der Waals surface area contributed by atoms with Crippen LogP contribution in [-0.4, -0.2) is 15.1 Å². The van der Waals surface area contributed by atoms with Crippen molar-refractivity contribution in [1.29, 1.82) is 0 Å². The maximum Gasteiger partial charge on any atom is 0.203 e. The third-order valence-electron chi connectivity index (χ3n) is 3.95. The average Bonchev–Trinajstić information content (AvgIpc) is 2.99. The molecule has 0 spiro atoms. The van der Waals surface area contributed by atoms with Gasteiger partial charge in [-0.2, -0.15) is 0 Å². The zero-order valence-corrected chi connectivity index (χ0v) is 11.5. The predicted octanol–water partition coefficient (Wildman–Crippen LogP) is 3.20. The van der Waals surface area contributed by atoms with E-state index in [4.69, 9.17) is 0 Å². The van der Waals surface area contributed by atoms with E-state index in [0.717, 1.165) is 5.56 Å². The van der Waals surface area contributed by atoms with Crippen LogP contribution in [0.3, 0.4) is 0 Å². The van der Waals surface area contributed by atoms with Crippen LogP contribution in [0.4, 0.5) is 4.39 Å². The second kappa shape index (κ2) is 4.30. The number of benzene rings is 1. The monoisotopic (exact) mass is 278 g/mol. The molecule has 0 aliphatic heterocycles. The fraction of sp³-hybridized carbons (Fsp3) is 0.333. The highest BCUT2D eigenvalue weighted by atomic mass is 32.2. The maximum atomic E-state index is 13.2. The van der Waals surface area contributed by atoms with Crippen LogP contribution in [-0.2, 0) is 9.84 Å². The minimum Gasteiger partial charge on any atom is -0.246 e. The summed E-state index contributed by atoms with van der Waals surface area (Å²) in [5.74, 6) is -0.160. The van der Waals surface area contributed by atoms with Crippen molar-refractivity contribution in [3.05, 3.63) is 52.5 Å². The first-order chi connectivity index (χ1) is 9.04. The Morgan fingerprint density at radius 1 is 1.16 bits per heavy atom. The van der Waals surface area contributed by atoms with E-state index in [1.54, 1.807) is 24.3 Å². The van der Waals surface area contributed by atoms with E-state index in [1.807, 2.05) is 19.1 Å². The Labute approximate surface area is 112 Å². The zero-order valence-electron chi connectivity index (χ0n) is 10.6. The van der Waals surface area contributed by atoms with Gasteiger partial charge in [0, 0.05) is 11.8 Å². The lowest BCUT2D eigenvalue weighted by atomic mass is 10.1. The summed E-state index contributed by atoms with van der Waals surface area (Å²) in [6, 6.07) is 6.74. The predicted molar refractivity (Wildman–Crippen MR) is 72.1 cm³/mol. The molecule has 0 fully saturated rings. The largest absolute Gasteiger partial charge is 0.246 e. The molecule has 0 heterocycles. The third-order valence-corrected chi connectivity index (χ3v) is 5.99. The molecule has 0 saturated heterocycles. The number of sulfone groups is 1. The fourth-order valence-corrected chi connectivity index (χ4v) is 4.83. The van der Waals surface area contributed by atoms with Gasteiger partial charge in [-0.15, -0.1) is 0 Å². The van der Waals surface area contributed by atoms with Crippen LogP contribution >= 0.6 is 0 Å². The summed E-state index contributed by atoms with van der Waals surface area (Å²) < 4.78 is 38.5. The lowest BCUT2D eigenvalue weighted by Gasteiger charge is -2.15. The third kappa shape index (κ3) is 1.86. The number of aryl methyl sites for hydroxylation is 1. The van der Waals surface area contributed by atoms with E-state index in [9.17, 15) is 12.8 Å². The summed E-state index contributed by atoms with van der Waals surface area (Å²) in [7, 11) is -3.56. The van der Waals surface area contributed by atoms with Crippen molar-refractivity contribution < 1.29 is 12.8 Å². The molecule has 19 heavy (non-hydrogen) atoms. The smallest absolute Gasteiger partial charge is 0.203 e. The molecule has 2 aliphatic carbocycles. The molecule has 2 atom stereocenters. The van der Waals surface area contributed by atoms with Crippen LogP contribution in [0.5, 0.6) is 0 Å². The van der Waals surface area contributed by atoms with Crippen LogP contribution in [0.1, 0.15) is 12.0 Å². The minimum atomic E-state index is -3.56. The molecular formula is C15H15FO2S. The highest BCUT2D eigenvalue weighted by Crippen LogP contribution is 2.47. The first-order valence-electron chi connectivity index (χ1n) is 6.33. The Balaban J connectivity index is 2.11. The number of fused-ring (bicyclic) bond motifs is 2. The second-order valence-corrected chi connectivity index (χ2v) is 7.09. The van der Waals surface area contributed by atoms with Crippen LogP contribution in [0.2, 0.25) is 0 Å². The SMILES string of the molecule is Cc1ccc(S(=O)(=O)C2=C(CF)C3C=CC2C3)cc1. The van der Waals surface area contributed by atoms with Crippen molar-refractivity contribution >= 4 is 9.84 Å². The van der Waals surface area contributed by atoms with Crippen LogP contribution in [0.15, 0.2) is 51.8 Å². The molecule has 2 bridgehead atoms. The van der Waals surface area contributed by atoms with Gasteiger partial charge in [-0.05, 0) is 31.1 Å². The van der Waals surface area contributed by atoms with Crippen molar-refractivity contribution in [1.82, 2.24) is 0 Å². The van der Waals surface area contributed by atoms with Crippen molar-refractivity contribution in [2.75, 3.05) is 6.67 Å². The number of hydrogen-bond acceptors (Lipinski definition) is 2. The van der Waals surface area contributed by atoms with Crippen LogP contribution < -0.4 is 0 Å². The van der Waals surface area contributed by atoms with Gasteiger partial charge in [0.25, 0.3) is 0 Å². The summed E-state index contributed by atoms with van der Waals surface area (Å²) in [4.78, 5) is 0.561. The number of halogens is 1. The number of hydrogen-bond donors (Lipinski definition) is 0. The van der Waals surface area contributed by atoms with Gasteiger partial charge in [-0.3, -0.25) is 0 Å². The van der Waals surface area contributed by atoms with Gasteiger partial charge in [0.05, 0.1) is 9.80 Å². The first kappa shape index (κ1) is 12.6. The van der Waals surface area contributed by atoms with E-state index in [2.05, 4.69) is 0 Å². The lowest BCUT2D eigenvalue weighted by Crippen LogP contribution is -2.12. The molecule has 0 N–H and O–H groups in total. The summed E-state index contributed by atoms with van der Waals surface area (Å²) in [6.07, 6.45) is 4.53. The second-order valence-electron chi connectivity index (χ2n) is 5.17. The average molecular weight is 278 g/mol. The van der Waals surface area contributed by atoms with Gasteiger partial charge >= 0.3 is 0 Å². The van der Waals surface area contributed by atoms with E-state index in [0.29, 0.717) is 16.9 Å². The Kier molecular flexibility index (Phi) is 2.86. The molecule has 0 aromatic heterocycles. The molecule has 0 radical (unpaired) electrons. The Morgan fingerprint density at radius 2 is 1.79 bits per heavy atom. The van der Waals surface area contributed by atoms with Gasteiger partial charge in [0.15, 0.2) is 0 Å². The fourth-order valence-electron chi connectivity index (χ4n) is 2.95. The van der Waals surface area contributed by atoms with Gasteiger partial charge in [-0.1, -0.05) is 29.8 Å². The summed E-state index contributed by atoms with van der Waals surface area (Å²) >= 11 is 0. The number of alkyl halides is 1. The molecule has 0 amide bonds. The molecule has 1 aromatic carbocycles. The lowest BCUT2D eigenvalue weighted by molar-refractivity contribution is 0.517. The topological polar surface area (TPSA) is 34.1 Å². The molecule has 100 valence electrons. The molecule has 2 unspecified atom stereocenters. The Hall–Kier alpha value is -1.42. The van der Waals surface area contributed by atoms with Gasteiger partial charge in [0.1, 0.15) is 6.67 Å². The van der Waals surface area contributed by atoms with Crippen molar-refractivity contribution in [2.45, 2.75) is 18.2 Å². The van der Waals surface area contributed by atoms with Crippen LogP contribution in [0.25, 0.3) is 0 Å². The van der Waals surface area contributed by atoms with Gasteiger partial charge in [-0.25, -0.2) is 12.8 Å². The minimum absolute atomic E-state index is 0.0229. The summed E-state index contributed by atoms with van der Waals surface area (Å²) in [6.45, 7) is 1.23. The van der Waals surface area contributed by atoms with Crippen molar-refractivity contribution in [3.8, 4) is 0 Å². The molecule has 0 saturated carbocycles. The summed E-state index contributed by atoms with van der Waals surface area (Å²) in [5, 5.41) is 0. The molecule has 2 nitrogen and oxygen atoms in total. The first-order valence-corrected chi connectivity index (χ1v) is 7.81. The maximum absolute atomic E-state index is 13.2. The molecule has 2 aliphatic rings. The Bertz CT molecular complexity index is 669. The zero-order chi connectivity index (χ0) is 13.6. The molecule has 3 rings (SSSR count). The van der Waals surface area contributed by atoms with E-state index < -0.39 is 16.5 Å². The summed E-state index contributed by atoms with van der Waals surface area (Å²) in [5.41, 5.74) is 1.46. The standard InChI is InChI=1S/C15H15FO2S/c1-10-2-6-13(7-3-10)19(17,18)15-12-5-4-11(8-12)14(15)9-16/h2-7,11-12H,8-9H2,1H3. The van der Waals surface area contributed by atoms with Gasteiger partial charge in [0.2, 0.25) is 9.84 Å². The van der Waals surface area contributed by atoms with E-state index >= 15 is 0 Å². The van der Waals surface area contributed by atoms with Crippen molar-refractivity contribution in [2.24, 2.45) is 11.8 Å². The van der Waals surface area contributed by atoms with Crippen molar-refractivity contribution in [3.63, 3.8) is 0 Å². The molecule has 1 aromatic rings. The quantitative estimate of drug-likeness (QED) is 0.796. The normalized spacial score (nSPS) is 25.4. The van der Waals surface area contributed by atoms with Crippen LogP contribution in [0, 0.1) is 18.8 Å². The molecule has 4 heteroatoms. The highest BCUT2D eigenvalue weighted by Gasteiger charge is 2.41. The number of allylic oxidation sites excluding steroid dienone is 4. The number of rotatable bonds is 3.